The minimum absolute atomic E-state index is 0.0195. The molecule has 0 saturated carbocycles. The van der Waals surface area contributed by atoms with Crippen LogP contribution >= 0.6 is 11.6 Å². The predicted octanol–water partition coefficient (Wildman–Crippen LogP) is 3.55. The van der Waals surface area contributed by atoms with Crippen LogP contribution in [0.5, 0.6) is 11.5 Å². The van der Waals surface area contributed by atoms with Gasteiger partial charge in [0.1, 0.15) is 5.92 Å². The van der Waals surface area contributed by atoms with Gasteiger partial charge in [-0.2, -0.15) is 13.2 Å². The highest BCUT2D eigenvalue weighted by Gasteiger charge is 2.66. The molecule has 0 spiro atoms. The van der Waals surface area contributed by atoms with E-state index in [0.29, 0.717) is 0 Å². The second kappa shape index (κ2) is 8.27. The van der Waals surface area contributed by atoms with Gasteiger partial charge in [0.25, 0.3) is 0 Å². The zero-order valence-corrected chi connectivity index (χ0v) is 16.8. The predicted molar refractivity (Wildman–Crippen MR) is 104 cm³/mol. The van der Waals surface area contributed by atoms with Crippen LogP contribution in [0.1, 0.15) is 28.9 Å². The Hall–Kier alpha value is -2.98. The molecule has 2 amide bonds. The van der Waals surface area contributed by atoms with E-state index in [1.165, 1.54) is 41.7 Å². The number of hydrogen-bond acceptors (Lipinski definition) is 5. The number of alkyl halides is 3. The SMILES string of the molecule is CCOc1cc([C@H]2NC(=O)N[C@@](O)(C(F)(F)F)[C@H]2C(=O)c2ccc(Cl)cc2)ccc1O. The van der Waals surface area contributed by atoms with Gasteiger partial charge in [-0.3, -0.25) is 4.79 Å². The molecule has 0 radical (unpaired) electrons. The van der Waals surface area contributed by atoms with Crippen molar-refractivity contribution >= 4 is 23.4 Å². The first-order valence-corrected chi connectivity index (χ1v) is 9.49. The van der Waals surface area contributed by atoms with Gasteiger partial charge in [-0.05, 0) is 48.9 Å². The molecule has 11 heteroatoms. The van der Waals surface area contributed by atoms with E-state index in [9.17, 15) is 33.0 Å². The number of Topliss-reactive ketones (excluding diaryl/α,β-unsaturated/α-hetero) is 1. The maximum absolute atomic E-state index is 13.9. The lowest BCUT2D eigenvalue weighted by molar-refractivity contribution is -0.287. The van der Waals surface area contributed by atoms with E-state index < -0.39 is 35.7 Å². The Balaban J connectivity index is 2.17. The highest BCUT2D eigenvalue weighted by molar-refractivity contribution is 6.30. The number of amides is 2. The number of hydrogen-bond donors (Lipinski definition) is 4. The number of rotatable bonds is 5. The number of aliphatic hydroxyl groups is 1. The lowest BCUT2D eigenvalue weighted by Crippen LogP contribution is -2.72. The molecule has 3 atom stereocenters. The van der Waals surface area contributed by atoms with Crippen LogP contribution in [0.15, 0.2) is 42.5 Å². The summed E-state index contributed by atoms with van der Waals surface area (Å²) in [5.41, 5.74) is -3.99. The maximum atomic E-state index is 13.9. The topological polar surface area (TPSA) is 108 Å². The lowest BCUT2D eigenvalue weighted by atomic mass is 9.77. The summed E-state index contributed by atoms with van der Waals surface area (Å²) in [6, 6.07) is 5.75. The molecule has 1 fully saturated rings. The number of benzene rings is 2. The van der Waals surface area contributed by atoms with Gasteiger partial charge < -0.3 is 25.6 Å². The Morgan fingerprint density at radius 2 is 1.87 bits per heavy atom. The van der Waals surface area contributed by atoms with E-state index >= 15 is 0 Å². The van der Waals surface area contributed by atoms with Crippen molar-refractivity contribution in [1.29, 1.82) is 0 Å². The number of carbonyl (C=O) groups excluding carboxylic acids is 2. The van der Waals surface area contributed by atoms with Crippen molar-refractivity contribution in [1.82, 2.24) is 10.6 Å². The van der Waals surface area contributed by atoms with Gasteiger partial charge in [-0.1, -0.05) is 17.7 Å². The van der Waals surface area contributed by atoms with Gasteiger partial charge in [0.2, 0.25) is 5.72 Å². The molecule has 0 bridgehead atoms. The molecule has 166 valence electrons. The molecular weight excluding hydrogens is 441 g/mol. The number of ether oxygens (including phenoxy) is 1. The Morgan fingerprint density at radius 1 is 1.23 bits per heavy atom. The maximum Gasteiger partial charge on any atom is 0.437 e. The fourth-order valence-electron chi connectivity index (χ4n) is 3.41. The first-order chi connectivity index (χ1) is 14.5. The third-order valence-corrected chi connectivity index (χ3v) is 5.11. The van der Waals surface area contributed by atoms with Crippen molar-refractivity contribution < 1.29 is 37.7 Å². The summed E-state index contributed by atoms with van der Waals surface area (Å²) in [6.45, 7) is 1.78. The monoisotopic (exact) mass is 458 g/mol. The molecule has 1 aliphatic rings. The first-order valence-electron chi connectivity index (χ1n) is 9.11. The molecule has 0 aromatic heterocycles. The van der Waals surface area contributed by atoms with Gasteiger partial charge in [-0.25, -0.2) is 4.79 Å². The quantitative estimate of drug-likeness (QED) is 0.512. The van der Waals surface area contributed by atoms with Crippen LogP contribution in [0.25, 0.3) is 0 Å². The Bertz CT molecular complexity index is 999. The number of halogens is 4. The van der Waals surface area contributed by atoms with Gasteiger partial charge in [0.05, 0.1) is 12.6 Å². The lowest BCUT2D eigenvalue weighted by Gasteiger charge is -2.45. The molecule has 2 aromatic rings. The summed E-state index contributed by atoms with van der Waals surface area (Å²) in [4.78, 5) is 25.2. The van der Waals surface area contributed by atoms with Crippen molar-refractivity contribution in [3.05, 3.63) is 58.6 Å². The van der Waals surface area contributed by atoms with Crippen molar-refractivity contribution in [2.24, 2.45) is 5.92 Å². The number of nitrogens with one attached hydrogen (secondary N) is 2. The Kier molecular flexibility index (Phi) is 6.06. The van der Waals surface area contributed by atoms with Gasteiger partial charge >= 0.3 is 12.2 Å². The summed E-state index contributed by atoms with van der Waals surface area (Å²) >= 11 is 5.79. The van der Waals surface area contributed by atoms with Crippen LogP contribution in [-0.2, 0) is 0 Å². The fourth-order valence-corrected chi connectivity index (χ4v) is 3.53. The summed E-state index contributed by atoms with van der Waals surface area (Å²) in [5, 5.41) is 24.4. The number of aromatic hydroxyl groups is 1. The summed E-state index contributed by atoms with van der Waals surface area (Å²) in [7, 11) is 0. The number of urea groups is 1. The average molecular weight is 459 g/mol. The van der Waals surface area contributed by atoms with Crippen molar-refractivity contribution in [2.45, 2.75) is 24.9 Å². The van der Waals surface area contributed by atoms with E-state index in [1.807, 2.05) is 0 Å². The van der Waals surface area contributed by atoms with Crippen molar-refractivity contribution in [3.63, 3.8) is 0 Å². The van der Waals surface area contributed by atoms with Crippen LogP contribution in [0.4, 0.5) is 18.0 Å². The molecule has 3 rings (SSSR count). The summed E-state index contributed by atoms with van der Waals surface area (Å²) in [6.07, 6.45) is -5.38. The zero-order valence-electron chi connectivity index (χ0n) is 16.0. The molecule has 0 unspecified atom stereocenters. The third kappa shape index (κ3) is 4.26. The highest BCUT2D eigenvalue weighted by atomic mass is 35.5. The van der Waals surface area contributed by atoms with Crippen LogP contribution in [0.2, 0.25) is 5.02 Å². The molecule has 1 saturated heterocycles. The van der Waals surface area contributed by atoms with Gasteiger partial charge in [0.15, 0.2) is 17.3 Å². The third-order valence-electron chi connectivity index (χ3n) is 4.86. The standard InChI is InChI=1S/C20H18ClF3N2O5/c1-2-31-14-9-11(5-8-13(14)27)16-15(17(28)10-3-6-12(21)7-4-10)19(30,20(22,23)24)26-18(29)25-16/h3-9,15-16,27,30H,2H2,1H3,(H2,25,26,29)/t15-,16-,19+/m1/s1. The minimum Gasteiger partial charge on any atom is -0.504 e. The van der Waals surface area contributed by atoms with Crippen LogP contribution < -0.4 is 15.4 Å². The molecule has 0 aliphatic carbocycles. The molecule has 1 heterocycles. The Morgan fingerprint density at radius 3 is 2.45 bits per heavy atom. The first kappa shape index (κ1) is 22.7. The number of phenols is 1. The molecular formula is C20H18ClF3N2O5. The van der Waals surface area contributed by atoms with E-state index in [1.54, 1.807) is 6.92 Å². The zero-order chi connectivity index (χ0) is 23.0. The number of ketones is 1. The van der Waals surface area contributed by atoms with Crippen molar-refractivity contribution in [3.8, 4) is 11.5 Å². The van der Waals surface area contributed by atoms with E-state index in [-0.39, 0.29) is 34.3 Å². The summed E-state index contributed by atoms with van der Waals surface area (Å²) < 4.78 is 47.0. The van der Waals surface area contributed by atoms with Gasteiger partial charge in [-0.15, -0.1) is 0 Å². The summed E-state index contributed by atoms with van der Waals surface area (Å²) in [5.74, 6) is -3.62. The van der Waals surface area contributed by atoms with E-state index in [4.69, 9.17) is 16.3 Å². The fraction of sp³-hybridized carbons (Fsp3) is 0.300. The second-order valence-electron chi connectivity index (χ2n) is 6.85. The number of phenolic OH excluding ortho intramolecular Hbond substituents is 1. The average Bonchev–Trinajstić information content (AvgIpc) is 2.68. The molecule has 31 heavy (non-hydrogen) atoms. The minimum atomic E-state index is -5.38. The highest BCUT2D eigenvalue weighted by Crippen LogP contribution is 2.45. The van der Waals surface area contributed by atoms with Crippen LogP contribution in [-0.4, -0.2) is 40.5 Å². The second-order valence-corrected chi connectivity index (χ2v) is 7.29. The molecule has 1 aliphatic heterocycles. The number of carbonyl (C=O) groups is 2. The smallest absolute Gasteiger partial charge is 0.437 e. The van der Waals surface area contributed by atoms with E-state index in [2.05, 4.69) is 5.32 Å². The molecule has 4 N–H and O–H groups in total. The normalized spacial score (nSPS) is 23.6. The van der Waals surface area contributed by atoms with Crippen molar-refractivity contribution in [2.75, 3.05) is 6.61 Å². The van der Waals surface area contributed by atoms with E-state index in [0.717, 1.165) is 6.07 Å². The van der Waals surface area contributed by atoms with Gasteiger partial charge in [0, 0.05) is 10.6 Å². The van der Waals surface area contributed by atoms with Crippen LogP contribution in [0.3, 0.4) is 0 Å². The molecule has 2 aromatic carbocycles. The molecule has 7 nitrogen and oxygen atoms in total. The van der Waals surface area contributed by atoms with Crippen LogP contribution in [0, 0.1) is 5.92 Å². The largest absolute Gasteiger partial charge is 0.504 e. The Labute approximate surface area is 179 Å².